The summed E-state index contributed by atoms with van der Waals surface area (Å²) in [7, 11) is 1.46. The highest BCUT2D eigenvalue weighted by Crippen LogP contribution is 2.38. The summed E-state index contributed by atoms with van der Waals surface area (Å²) >= 11 is 0. The zero-order valence-electron chi connectivity index (χ0n) is 15.8. The van der Waals surface area contributed by atoms with Gasteiger partial charge in [0.1, 0.15) is 28.4 Å². The van der Waals surface area contributed by atoms with Gasteiger partial charge in [0, 0.05) is 12.7 Å². The lowest BCUT2D eigenvalue weighted by Gasteiger charge is -2.24. The van der Waals surface area contributed by atoms with Gasteiger partial charge in [-0.1, -0.05) is 39.0 Å². The molecule has 1 heterocycles. The van der Waals surface area contributed by atoms with Crippen LogP contribution in [0, 0.1) is 0 Å². The number of methoxy groups -OCH3 is 1. The molecule has 0 aliphatic carbocycles. The van der Waals surface area contributed by atoms with Crippen molar-refractivity contribution in [2.45, 2.75) is 32.1 Å². The van der Waals surface area contributed by atoms with Gasteiger partial charge in [-0.2, -0.15) is 0 Å². The van der Waals surface area contributed by atoms with Crippen LogP contribution in [-0.4, -0.2) is 44.9 Å². The van der Waals surface area contributed by atoms with Crippen LogP contribution in [0.15, 0.2) is 36.4 Å². The molecule has 0 aliphatic rings. The minimum Gasteiger partial charge on any atom is -0.505 e. The van der Waals surface area contributed by atoms with E-state index in [1.54, 1.807) is 12.1 Å². The number of aromatic hydroxyl groups is 1. The van der Waals surface area contributed by atoms with Crippen molar-refractivity contribution in [1.29, 1.82) is 0 Å². The summed E-state index contributed by atoms with van der Waals surface area (Å²) in [6.45, 7) is 5.88. The van der Waals surface area contributed by atoms with Gasteiger partial charge in [0.25, 0.3) is 0 Å². The fourth-order valence-corrected chi connectivity index (χ4v) is 3.01. The maximum absolute atomic E-state index is 11.7. The molecule has 1 aromatic heterocycles. The number of rotatable bonds is 5. The molecule has 0 spiro atoms. The van der Waals surface area contributed by atoms with Gasteiger partial charge in [-0.15, -0.1) is 15.0 Å². The number of carboxylic acid groups (broad SMARTS) is 1. The Hall–Kier alpha value is -2.93. The Morgan fingerprint density at radius 2 is 1.78 bits per heavy atom. The molecule has 0 fully saturated rings. The second-order valence-electron chi connectivity index (χ2n) is 7.51. The topological polar surface area (TPSA) is 97.5 Å². The minimum atomic E-state index is -0.994. The normalized spacial score (nSPS) is 13.0. The highest BCUT2D eigenvalue weighted by Gasteiger charge is 2.28. The van der Waals surface area contributed by atoms with Crippen LogP contribution >= 0.6 is 0 Å². The average Bonchev–Trinajstić information content (AvgIpc) is 3.02. The zero-order chi connectivity index (χ0) is 19.8. The molecular formula is C20H23N3O4. The highest BCUT2D eigenvalue weighted by atomic mass is 16.5. The largest absolute Gasteiger partial charge is 0.505 e. The van der Waals surface area contributed by atoms with Crippen molar-refractivity contribution in [3.63, 3.8) is 0 Å². The molecule has 0 saturated heterocycles. The minimum absolute atomic E-state index is 0.0254. The fourth-order valence-electron chi connectivity index (χ4n) is 3.01. The Morgan fingerprint density at radius 3 is 2.26 bits per heavy atom. The van der Waals surface area contributed by atoms with Crippen LogP contribution in [0.2, 0.25) is 0 Å². The molecule has 0 amide bonds. The second-order valence-corrected chi connectivity index (χ2v) is 7.51. The van der Waals surface area contributed by atoms with E-state index >= 15 is 0 Å². The molecule has 0 radical (unpaired) electrons. The molecule has 0 saturated carbocycles. The monoisotopic (exact) mass is 369 g/mol. The van der Waals surface area contributed by atoms with Crippen LogP contribution in [0.1, 0.15) is 37.8 Å². The number of benzene rings is 2. The van der Waals surface area contributed by atoms with Gasteiger partial charge in [0.2, 0.25) is 0 Å². The highest BCUT2D eigenvalue weighted by molar-refractivity contribution is 5.78. The standard InChI is InChI=1S/C20H23N3O4/c1-20(2,3)14-9-12(13(11-27-4)19(25)26)10-17(18(14)24)23-21-15-7-5-6-8-16(15)22-23/h5-10,13,24H,11H2,1-4H3,(H,25,26). The zero-order valence-corrected chi connectivity index (χ0v) is 15.8. The van der Waals surface area contributed by atoms with Crippen molar-refractivity contribution in [1.82, 2.24) is 15.0 Å². The fraction of sp³-hybridized carbons (Fsp3) is 0.350. The number of carboxylic acids is 1. The number of aromatic nitrogens is 3. The number of nitrogens with zero attached hydrogens (tertiary/aromatic N) is 3. The van der Waals surface area contributed by atoms with Gasteiger partial charge in [-0.05, 0) is 29.2 Å². The molecule has 7 heteroatoms. The van der Waals surface area contributed by atoms with Gasteiger partial charge in [-0.3, -0.25) is 4.79 Å². The number of ether oxygens (including phenoxy) is 1. The molecule has 7 nitrogen and oxygen atoms in total. The maximum Gasteiger partial charge on any atom is 0.313 e. The Morgan fingerprint density at radius 1 is 1.19 bits per heavy atom. The van der Waals surface area contributed by atoms with Crippen molar-refractivity contribution >= 4 is 17.0 Å². The summed E-state index contributed by atoms with van der Waals surface area (Å²) in [6.07, 6.45) is 0. The number of aliphatic carboxylic acids is 1. The molecule has 3 aromatic rings. The molecule has 2 N–H and O–H groups in total. The van der Waals surface area contributed by atoms with Crippen LogP contribution in [0.25, 0.3) is 16.7 Å². The third-order valence-corrected chi connectivity index (χ3v) is 4.46. The number of carbonyl (C=O) groups is 1. The first-order chi connectivity index (χ1) is 12.7. The van der Waals surface area contributed by atoms with Gasteiger partial charge < -0.3 is 14.9 Å². The Bertz CT molecular complexity index is 956. The molecule has 2 aromatic carbocycles. The van der Waals surface area contributed by atoms with Crippen LogP contribution in [-0.2, 0) is 14.9 Å². The van der Waals surface area contributed by atoms with Gasteiger partial charge in [0.05, 0.1) is 6.61 Å². The molecule has 1 unspecified atom stereocenters. The van der Waals surface area contributed by atoms with Gasteiger partial charge in [-0.25, -0.2) is 0 Å². The number of hydrogen-bond donors (Lipinski definition) is 2. The lowest BCUT2D eigenvalue weighted by molar-refractivity contribution is -0.140. The summed E-state index contributed by atoms with van der Waals surface area (Å²) in [4.78, 5) is 13.1. The smallest absolute Gasteiger partial charge is 0.313 e. The third kappa shape index (κ3) is 3.64. The van der Waals surface area contributed by atoms with Crippen molar-refractivity contribution in [2.24, 2.45) is 0 Å². The van der Waals surface area contributed by atoms with E-state index in [4.69, 9.17) is 4.74 Å². The van der Waals surface area contributed by atoms with Crippen molar-refractivity contribution < 1.29 is 19.7 Å². The van der Waals surface area contributed by atoms with Crippen molar-refractivity contribution in [3.05, 3.63) is 47.5 Å². The quantitative estimate of drug-likeness (QED) is 0.716. The lowest BCUT2D eigenvalue weighted by atomic mass is 9.83. The maximum atomic E-state index is 11.7. The molecular weight excluding hydrogens is 346 g/mol. The number of fused-ring (bicyclic) bond motifs is 1. The predicted molar refractivity (Wildman–Crippen MR) is 101 cm³/mol. The van der Waals surface area contributed by atoms with Crippen molar-refractivity contribution in [2.75, 3.05) is 13.7 Å². The Labute approximate surface area is 157 Å². The van der Waals surface area contributed by atoms with E-state index in [1.807, 2.05) is 45.0 Å². The third-order valence-electron chi connectivity index (χ3n) is 4.46. The van der Waals surface area contributed by atoms with E-state index in [9.17, 15) is 15.0 Å². The van der Waals surface area contributed by atoms with Gasteiger partial charge in [0.15, 0.2) is 0 Å². The first kappa shape index (κ1) is 18.8. The van der Waals surface area contributed by atoms with Crippen molar-refractivity contribution in [3.8, 4) is 11.4 Å². The number of phenols is 1. The van der Waals surface area contributed by atoms with Gasteiger partial charge >= 0.3 is 5.97 Å². The summed E-state index contributed by atoms with van der Waals surface area (Å²) in [6, 6.07) is 10.7. The molecule has 0 aliphatic heterocycles. The van der Waals surface area contributed by atoms with E-state index in [0.29, 0.717) is 27.8 Å². The predicted octanol–water partition coefficient (Wildman–Crippen LogP) is 3.24. The van der Waals surface area contributed by atoms with E-state index in [1.165, 1.54) is 11.9 Å². The summed E-state index contributed by atoms with van der Waals surface area (Å²) in [5, 5.41) is 29.4. The Balaban J connectivity index is 2.25. The Kier molecular flexibility index (Phi) is 4.89. The van der Waals surface area contributed by atoms with E-state index in [-0.39, 0.29) is 12.4 Å². The van der Waals surface area contributed by atoms with Crippen LogP contribution < -0.4 is 0 Å². The van der Waals surface area contributed by atoms with Crippen LogP contribution in [0.3, 0.4) is 0 Å². The van der Waals surface area contributed by atoms with E-state index in [2.05, 4.69) is 10.2 Å². The average molecular weight is 369 g/mol. The molecule has 0 bridgehead atoms. The molecule has 142 valence electrons. The second kappa shape index (κ2) is 7.00. The summed E-state index contributed by atoms with van der Waals surface area (Å²) < 4.78 is 5.09. The first-order valence-corrected chi connectivity index (χ1v) is 8.64. The number of hydrogen-bond acceptors (Lipinski definition) is 5. The van der Waals surface area contributed by atoms with E-state index in [0.717, 1.165) is 0 Å². The molecule has 1 atom stereocenters. The van der Waals surface area contributed by atoms with Crippen LogP contribution in [0.5, 0.6) is 5.75 Å². The molecule has 3 rings (SSSR count). The summed E-state index contributed by atoms with van der Waals surface area (Å²) in [5.74, 6) is -1.82. The lowest BCUT2D eigenvalue weighted by Crippen LogP contribution is -2.20. The molecule has 27 heavy (non-hydrogen) atoms. The summed E-state index contributed by atoms with van der Waals surface area (Å²) in [5.41, 5.74) is 2.47. The first-order valence-electron chi connectivity index (χ1n) is 8.64. The number of phenolic OH excluding ortho intramolecular Hbond substituents is 1. The van der Waals surface area contributed by atoms with E-state index < -0.39 is 17.3 Å². The SMILES string of the molecule is COCC(C(=O)O)c1cc(-n2nc3ccccc3n2)c(O)c(C(C)(C)C)c1. The van der Waals surface area contributed by atoms with Crippen LogP contribution in [0.4, 0.5) is 0 Å².